The molecule has 2 N–H and O–H groups in total. The number of hydrogen-bond donors (Lipinski definition) is 2. The molecule has 7 nitrogen and oxygen atoms in total. The number of para-hydroxylation sites is 2. The van der Waals surface area contributed by atoms with Gasteiger partial charge >= 0.3 is 0 Å². The van der Waals surface area contributed by atoms with E-state index in [-0.39, 0.29) is 12.5 Å². The second kappa shape index (κ2) is 9.14. The van der Waals surface area contributed by atoms with E-state index < -0.39 is 0 Å². The van der Waals surface area contributed by atoms with Gasteiger partial charge in [0.2, 0.25) is 5.91 Å². The monoisotopic (exact) mass is 371 g/mol. The van der Waals surface area contributed by atoms with Gasteiger partial charge in [0.05, 0.1) is 51.0 Å². The molecule has 2 aromatic rings. The molecule has 1 fully saturated rings. The molecule has 3 rings (SSSR count). The number of carbonyl (C=O) groups is 1. The first-order valence-electron chi connectivity index (χ1n) is 8.88. The van der Waals surface area contributed by atoms with Gasteiger partial charge < -0.3 is 29.7 Å². The van der Waals surface area contributed by atoms with Crippen molar-refractivity contribution in [2.24, 2.45) is 0 Å². The molecule has 0 unspecified atom stereocenters. The Hall–Kier alpha value is -2.93. The highest BCUT2D eigenvalue weighted by Gasteiger charge is 2.16. The molecule has 0 bridgehead atoms. The van der Waals surface area contributed by atoms with Crippen molar-refractivity contribution in [2.75, 3.05) is 62.6 Å². The van der Waals surface area contributed by atoms with Gasteiger partial charge in [-0.05, 0) is 24.3 Å². The van der Waals surface area contributed by atoms with Gasteiger partial charge in [-0.25, -0.2) is 0 Å². The van der Waals surface area contributed by atoms with E-state index in [4.69, 9.17) is 14.2 Å². The fourth-order valence-corrected chi connectivity index (χ4v) is 2.97. The summed E-state index contributed by atoms with van der Waals surface area (Å²) < 4.78 is 15.9. The number of amides is 1. The Bertz CT molecular complexity index is 776. The molecule has 0 aliphatic carbocycles. The largest absolute Gasteiger partial charge is 0.497 e. The van der Waals surface area contributed by atoms with Crippen molar-refractivity contribution in [1.29, 1.82) is 0 Å². The van der Waals surface area contributed by atoms with Crippen molar-refractivity contribution in [2.45, 2.75) is 0 Å². The topological polar surface area (TPSA) is 72.1 Å². The van der Waals surface area contributed by atoms with E-state index in [0.717, 1.165) is 30.2 Å². The lowest BCUT2D eigenvalue weighted by Crippen LogP contribution is -2.37. The average Bonchev–Trinajstić information content (AvgIpc) is 2.73. The van der Waals surface area contributed by atoms with Gasteiger partial charge in [-0.3, -0.25) is 4.79 Å². The van der Waals surface area contributed by atoms with Gasteiger partial charge in [0, 0.05) is 19.2 Å². The predicted octanol–water partition coefficient (Wildman–Crippen LogP) is 2.59. The second-order valence-corrected chi connectivity index (χ2v) is 6.08. The summed E-state index contributed by atoms with van der Waals surface area (Å²) in [6.07, 6.45) is 0. The van der Waals surface area contributed by atoms with Crippen LogP contribution in [0.15, 0.2) is 42.5 Å². The molecule has 1 aliphatic rings. The number of hydrogen-bond acceptors (Lipinski definition) is 6. The van der Waals surface area contributed by atoms with Crippen LogP contribution in [0, 0.1) is 0 Å². The lowest BCUT2D eigenvalue weighted by atomic mass is 10.2. The van der Waals surface area contributed by atoms with Crippen molar-refractivity contribution in [1.82, 2.24) is 0 Å². The van der Waals surface area contributed by atoms with Crippen LogP contribution >= 0.6 is 0 Å². The predicted molar refractivity (Wildman–Crippen MR) is 106 cm³/mol. The van der Waals surface area contributed by atoms with Crippen LogP contribution in [0.1, 0.15) is 0 Å². The summed E-state index contributed by atoms with van der Waals surface area (Å²) >= 11 is 0. The number of rotatable bonds is 7. The fraction of sp³-hybridized carbons (Fsp3) is 0.350. The molecular formula is C20H25N3O4. The molecular weight excluding hydrogens is 346 g/mol. The number of nitrogens with zero attached hydrogens (tertiary/aromatic N) is 1. The Kier molecular flexibility index (Phi) is 6.38. The van der Waals surface area contributed by atoms with Gasteiger partial charge in [-0.1, -0.05) is 12.1 Å². The van der Waals surface area contributed by atoms with E-state index in [0.29, 0.717) is 24.7 Å². The molecule has 144 valence electrons. The van der Waals surface area contributed by atoms with Crippen LogP contribution in [-0.2, 0) is 9.53 Å². The van der Waals surface area contributed by atoms with E-state index in [1.54, 1.807) is 20.3 Å². The lowest BCUT2D eigenvalue weighted by molar-refractivity contribution is -0.114. The van der Waals surface area contributed by atoms with Gasteiger partial charge in [0.25, 0.3) is 0 Å². The van der Waals surface area contributed by atoms with E-state index in [2.05, 4.69) is 15.5 Å². The molecule has 1 amide bonds. The number of benzene rings is 2. The van der Waals surface area contributed by atoms with Crippen LogP contribution in [0.4, 0.5) is 17.1 Å². The molecule has 1 heterocycles. The number of anilines is 3. The van der Waals surface area contributed by atoms with Crippen LogP contribution in [0.3, 0.4) is 0 Å². The van der Waals surface area contributed by atoms with Gasteiger partial charge in [0.15, 0.2) is 0 Å². The van der Waals surface area contributed by atoms with Crippen molar-refractivity contribution < 1.29 is 19.0 Å². The maximum absolute atomic E-state index is 12.5. The van der Waals surface area contributed by atoms with Gasteiger partial charge in [-0.2, -0.15) is 0 Å². The third kappa shape index (κ3) is 4.83. The summed E-state index contributed by atoms with van der Waals surface area (Å²) in [4.78, 5) is 14.7. The number of nitrogens with one attached hydrogen (secondary N) is 2. The zero-order chi connectivity index (χ0) is 19.1. The molecule has 0 aromatic heterocycles. The maximum atomic E-state index is 12.5. The average molecular weight is 371 g/mol. The molecule has 0 spiro atoms. The van der Waals surface area contributed by atoms with Gasteiger partial charge in [-0.15, -0.1) is 0 Å². The van der Waals surface area contributed by atoms with Crippen molar-refractivity contribution in [3.63, 3.8) is 0 Å². The molecule has 0 radical (unpaired) electrons. The fourth-order valence-electron chi connectivity index (χ4n) is 2.97. The van der Waals surface area contributed by atoms with Gasteiger partial charge in [0.1, 0.15) is 11.5 Å². The van der Waals surface area contributed by atoms with E-state index in [1.807, 2.05) is 36.4 Å². The Labute approximate surface area is 159 Å². The minimum atomic E-state index is -0.131. The van der Waals surface area contributed by atoms with Crippen LogP contribution in [0.2, 0.25) is 0 Å². The Morgan fingerprint density at radius 1 is 1.07 bits per heavy atom. The summed E-state index contributed by atoms with van der Waals surface area (Å²) in [5.41, 5.74) is 2.54. The van der Waals surface area contributed by atoms with E-state index >= 15 is 0 Å². The molecule has 2 aromatic carbocycles. The molecule has 1 aliphatic heterocycles. The zero-order valence-electron chi connectivity index (χ0n) is 15.7. The Morgan fingerprint density at radius 2 is 1.85 bits per heavy atom. The molecule has 27 heavy (non-hydrogen) atoms. The smallest absolute Gasteiger partial charge is 0.243 e. The third-order valence-electron chi connectivity index (χ3n) is 4.38. The number of morpholine rings is 1. The van der Waals surface area contributed by atoms with Crippen molar-refractivity contribution in [3.05, 3.63) is 42.5 Å². The summed E-state index contributed by atoms with van der Waals surface area (Å²) in [5, 5.41) is 6.10. The minimum Gasteiger partial charge on any atom is -0.497 e. The first kappa shape index (κ1) is 18.8. The first-order chi connectivity index (χ1) is 13.2. The third-order valence-corrected chi connectivity index (χ3v) is 4.38. The number of methoxy groups -OCH3 is 2. The highest BCUT2D eigenvalue weighted by atomic mass is 16.5. The quantitative estimate of drug-likeness (QED) is 0.780. The molecule has 0 saturated carbocycles. The van der Waals surface area contributed by atoms with E-state index in [1.165, 1.54) is 0 Å². The van der Waals surface area contributed by atoms with Crippen LogP contribution in [0.5, 0.6) is 11.5 Å². The second-order valence-electron chi connectivity index (χ2n) is 6.08. The molecule has 7 heteroatoms. The van der Waals surface area contributed by atoms with E-state index in [9.17, 15) is 4.79 Å². The minimum absolute atomic E-state index is 0.125. The summed E-state index contributed by atoms with van der Waals surface area (Å²) in [6.45, 7) is 3.14. The van der Waals surface area contributed by atoms with Crippen molar-refractivity contribution >= 4 is 23.0 Å². The SMILES string of the molecule is COc1ccc(NCC(=O)Nc2ccccc2N2CCOCC2)c(OC)c1. The lowest BCUT2D eigenvalue weighted by Gasteiger charge is -2.30. The first-order valence-corrected chi connectivity index (χ1v) is 8.88. The highest BCUT2D eigenvalue weighted by molar-refractivity contribution is 5.97. The van der Waals surface area contributed by atoms with Crippen LogP contribution in [-0.4, -0.2) is 53.0 Å². The maximum Gasteiger partial charge on any atom is 0.243 e. The van der Waals surface area contributed by atoms with Crippen LogP contribution < -0.4 is 25.0 Å². The Morgan fingerprint density at radius 3 is 2.59 bits per heavy atom. The summed E-state index contributed by atoms with van der Waals surface area (Å²) in [7, 11) is 3.18. The van der Waals surface area contributed by atoms with Crippen molar-refractivity contribution in [3.8, 4) is 11.5 Å². The number of ether oxygens (including phenoxy) is 3. The molecule has 1 saturated heterocycles. The summed E-state index contributed by atoms with van der Waals surface area (Å²) in [5.74, 6) is 1.19. The normalized spacial score (nSPS) is 13.8. The molecule has 0 atom stereocenters. The summed E-state index contributed by atoms with van der Waals surface area (Å²) in [6, 6.07) is 13.2. The standard InChI is InChI=1S/C20H25N3O4/c1-25-15-7-8-17(19(13-15)26-2)21-14-20(24)22-16-5-3-4-6-18(16)23-9-11-27-12-10-23/h3-8,13,21H,9-12,14H2,1-2H3,(H,22,24). The van der Waals surface area contributed by atoms with Crippen LogP contribution in [0.25, 0.3) is 0 Å². The number of carbonyl (C=O) groups excluding carboxylic acids is 1. The Balaban J connectivity index is 1.63. The zero-order valence-corrected chi connectivity index (χ0v) is 15.7. The highest BCUT2D eigenvalue weighted by Crippen LogP contribution is 2.29.